The van der Waals surface area contributed by atoms with Gasteiger partial charge in [0.15, 0.2) is 5.96 Å². The maximum Gasteiger partial charge on any atom is 0.189 e. The van der Waals surface area contributed by atoms with Crippen molar-refractivity contribution in [2.45, 2.75) is 18.9 Å². The predicted molar refractivity (Wildman–Crippen MR) is 104 cm³/mol. The van der Waals surface area contributed by atoms with Gasteiger partial charge in [-0.15, -0.1) is 24.0 Å². The third-order valence-corrected chi connectivity index (χ3v) is 3.96. The minimum atomic E-state index is -0.584. The predicted octanol–water partition coefficient (Wildman–Crippen LogP) is 3.55. The van der Waals surface area contributed by atoms with Crippen molar-refractivity contribution in [1.82, 2.24) is 5.32 Å². The van der Waals surface area contributed by atoms with Gasteiger partial charge in [0.05, 0.1) is 12.6 Å². The van der Waals surface area contributed by atoms with Gasteiger partial charge in [0.2, 0.25) is 0 Å². The number of fused-ring (bicyclic) bond motifs is 1. The minimum Gasteiger partial charge on any atom is -0.493 e. The first-order valence-electron chi connectivity index (χ1n) is 7.85. The first kappa shape index (κ1) is 19.4. The molecule has 0 spiro atoms. The average Bonchev–Trinajstić information content (AvgIpc) is 2.57. The molecule has 1 atom stereocenters. The number of rotatable bonds is 4. The molecule has 0 radical (unpaired) electrons. The normalized spacial score (nSPS) is 16.4. The van der Waals surface area contributed by atoms with Crippen LogP contribution >= 0.6 is 24.0 Å². The van der Waals surface area contributed by atoms with Crippen LogP contribution in [0.3, 0.4) is 0 Å². The number of hydrogen-bond acceptors (Lipinski definition) is 2. The van der Waals surface area contributed by atoms with Crippen molar-refractivity contribution in [3.63, 3.8) is 0 Å². The highest BCUT2D eigenvalue weighted by molar-refractivity contribution is 14.0. The first-order chi connectivity index (χ1) is 11.6. The second-order valence-corrected chi connectivity index (χ2v) is 5.62. The van der Waals surface area contributed by atoms with Crippen molar-refractivity contribution in [2.24, 2.45) is 10.7 Å². The van der Waals surface area contributed by atoms with E-state index in [2.05, 4.69) is 10.3 Å². The number of benzene rings is 2. The molecule has 0 aliphatic carbocycles. The molecule has 134 valence electrons. The molecule has 1 heterocycles. The summed E-state index contributed by atoms with van der Waals surface area (Å²) in [5.41, 5.74) is 7.40. The molecule has 4 nitrogen and oxygen atoms in total. The van der Waals surface area contributed by atoms with Crippen molar-refractivity contribution in [3.8, 4) is 5.75 Å². The highest BCUT2D eigenvalue weighted by Gasteiger charge is 2.21. The summed E-state index contributed by atoms with van der Waals surface area (Å²) in [4.78, 5) is 4.23. The molecule has 0 amide bonds. The number of nitrogens with two attached hydrogens (primary N) is 1. The van der Waals surface area contributed by atoms with Gasteiger partial charge < -0.3 is 15.8 Å². The molecule has 1 aliphatic rings. The molecule has 3 rings (SSSR count). The first-order valence-corrected chi connectivity index (χ1v) is 7.85. The number of ether oxygens (including phenoxy) is 1. The van der Waals surface area contributed by atoms with Crippen LogP contribution < -0.4 is 15.8 Å². The molecular formula is C18H20F2IN3O. The molecule has 1 unspecified atom stereocenters. The zero-order chi connectivity index (χ0) is 16.9. The van der Waals surface area contributed by atoms with E-state index >= 15 is 0 Å². The molecule has 0 bridgehead atoms. The lowest BCUT2D eigenvalue weighted by molar-refractivity contribution is 0.262. The van der Waals surface area contributed by atoms with Gasteiger partial charge in [-0.1, -0.05) is 24.3 Å². The van der Waals surface area contributed by atoms with Crippen molar-refractivity contribution in [2.75, 3.05) is 13.2 Å². The SMILES string of the molecule is I.NC(=NCCc1ccc(F)cc1F)NC1CCOc2ccccc21. The summed E-state index contributed by atoms with van der Waals surface area (Å²) in [6.45, 7) is 0.939. The van der Waals surface area contributed by atoms with Gasteiger partial charge >= 0.3 is 0 Å². The molecule has 2 aromatic carbocycles. The number of aliphatic imine (C=N–C) groups is 1. The van der Waals surface area contributed by atoms with Crippen LogP contribution in [0.5, 0.6) is 5.75 Å². The molecular weight excluding hydrogens is 439 g/mol. The fourth-order valence-corrected chi connectivity index (χ4v) is 2.74. The summed E-state index contributed by atoms with van der Waals surface area (Å²) in [5, 5.41) is 3.18. The average molecular weight is 459 g/mol. The smallest absolute Gasteiger partial charge is 0.189 e. The highest BCUT2D eigenvalue weighted by atomic mass is 127. The molecule has 0 aromatic heterocycles. The Labute approximate surface area is 162 Å². The van der Waals surface area contributed by atoms with Gasteiger partial charge in [0.25, 0.3) is 0 Å². The van der Waals surface area contributed by atoms with E-state index in [4.69, 9.17) is 10.5 Å². The van der Waals surface area contributed by atoms with E-state index in [-0.39, 0.29) is 30.0 Å². The molecule has 1 aliphatic heterocycles. The van der Waals surface area contributed by atoms with Crippen LogP contribution in [0, 0.1) is 11.6 Å². The fourth-order valence-electron chi connectivity index (χ4n) is 2.74. The van der Waals surface area contributed by atoms with E-state index in [1.807, 2.05) is 24.3 Å². The minimum absolute atomic E-state index is 0. The summed E-state index contributed by atoms with van der Waals surface area (Å²) in [7, 11) is 0. The Kier molecular flexibility index (Phi) is 6.98. The lowest BCUT2D eigenvalue weighted by Gasteiger charge is -2.26. The van der Waals surface area contributed by atoms with Crippen LogP contribution in [-0.4, -0.2) is 19.1 Å². The van der Waals surface area contributed by atoms with E-state index < -0.39 is 11.6 Å². The monoisotopic (exact) mass is 459 g/mol. The Morgan fingerprint density at radius 3 is 2.84 bits per heavy atom. The molecule has 0 fully saturated rings. The summed E-state index contributed by atoms with van der Waals surface area (Å²) < 4.78 is 32.0. The fraction of sp³-hybridized carbons (Fsp3) is 0.278. The molecule has 25 heavy (non-hydrogen) atoms. The summed E-state index contributed by atoms with van der Waals surface area (Å²) in [5.74, 6) is 0.0101. The lowest BCUT2D eigenvalue weighted by atomic mass is 10.0. The quantitative estimate of drug-likeness (QED) is 0.418. The Bertz CT molecular complexity index is 755. The van der Waals surface area contributed by atoms with Gasteiger partial charge in [-0.05, 0) is 24.1 Å². The van der Waals surface area contributed by atoms with Crippen molar-refractivity contribution in [3.05, 3.63) is 65.2 Å². The zero-order valence-electron chi connectivity index (χ0n) is 13.5. The van der Waals surface area contributed by atoms with Crippen molar-refractivity contribution >= 4 is 29.9 Å². The van der Waals surface area contributed by atoms with Gasteiger partial charge in [-0.25, -0.2) is 8.78 Å². The number of halogens is 3. The third kappa shape index (κ3) is 5.04. The van der Waals surface area contributed by atoms with E-state index in [1.165, 1.54) is 12.1 Å². The third-order valence-electron chi connectivity index (χ3n) is 3.96. The molecule has 7 heteroatoms. The number of nitrogens with zero attached hydrogens (tertiary/aromatic N) is 1. The van der Waals surface area contributed by atoms with Gasteiger partial charge in [0, 0.05) is 24.6 Å². The molecule has 0 saturated heterocycles. The molecule has 0 saturated carbocycles. The van der Waals surface area contributed by atoms with E-state index in [0.717, 1.165) is 23.8 Å². The zero-order valence-corrected chi connectivity index (χ0v) is 15.9. The highest BCUT2D eigenvalue weighted by Crippen LogP contribution is 2.31. The van der Waals surface area contributed by atoms with E-state index in [1.54, 1.807) is 0 Å². The largest absolute Gasteiger partial charge is 0.493 e. The summed E-state index contributed by atoms with van der Waals surface area (Å²) in [6, 6.07) is 11.4. The van der Waals surface area contributed by atoms with Gasteiger partial charge in [-0.2, -0.15) is 0 Å². The number of hydrogen-bond donors (Lipinski definition) is 2. The second kappa shape index (κ2) is 8.98. The number of para-hydroxylation sites is 1. The van der Waals surface area contributed by atoms with Gasteiger partial charge in [0.1, 0.15) is 17.4 Å². The van der Waals surface area contributed by atoms with Crippen LogP contribution in [0.25, 0.3) is 0 Å². The second-order valence-electron chi connectivity index (χ2n) is 5.62. The molecule has 3 N–H and O–H groups in total. The summed E-state index contributed by atoms with van der Waals surface area (Å²) in [6.07, 6.45) is 1.15. The van der Waals surface area contributed by atoms with Crippen LogP contribution in [0.2, 0.25) is 0 Å². The maximum absolute atomic E-state index is 13.6. The van der Waals surface area contributed by atoms with Crippen molar-refractivity contribution < 1.29 is 13.5 Å². The standard InChI is InChI=1S/C18H19F2N3O.HI/c19-13-6-5-12(15(20)11-13)7-9-22-18(21)23-16-8-10-24-17-4-2-1-3-14(16)17;/h1-6,11,16H,7-10H2,(H3,21,22,23);1H. The van der Waals surface area contributed by atoms with E-state index in [9.17, 15) is 8.78 Å². The van der Waals surface area contributed by atoms with Crippen LogP contribution in [0.4, 0.5) is 8.78 Å². The van der Waals surface area contributed by atoms with Crippen LogP contribution in [0.1, 0.15) is 23.6 Å². The Balaban J connectivity index is 0.00000225. The van der Waals surface area contributed by atoms with Crippen molar-refractivity contribution in [1.29, 1.82) is 0 Å². The Hall–Kier alpha value is -1.90. The Morgan fingerprint density at radius 1 is 1.24 bits per heavy atom. The summed E-state index contributed by atoms with van der Waals surface area (Å²) >= 11 is 0. The topological polar surface area (TPSA) is 59.6 Å². The number of guanidine groups is 1. The Morgan fingerprint density at radius 2 is 2.04 bits per heavy atom. The number of nitrogens with one attached hydrogen (secondary N) is 1. The van der Waals surface area contributed by atoms with Crippen LogP contribution in [-0.2, 0) is 6.42 Å². The van der Waals surface area contributed by atoms with Crippen LogP contribution in [0.15, 0.2) is 47.5 Å². The lowest BCUT2D eigenvalue weighted by Crippen LogP contribution is -2.37. The maximum atomic E-state index is 13.6. The molecule has 2 aromatic rings. The van der Waals surface area contributed by atoms with E-state index in [0.29, 0.717) is 31.1 Å². The van der Waals surface area contributed by atoms with Gasteiger partial charge in [-0.3, -0.25) is 4.99 Å².